The number of nitro benzene ring substituents is 1. The van der Waals surface area contributed by atoms with Gasteiger partial charge < -0.3 is 15.0 Å². The topological polar surface area (TPSA) is 84.7 Å². The monoisotopic (exact) mass is 295 g/mol. The number of carbonyl (C=O) groups excluding carboxylic acids is 1. The van der Waals surface area contributed by atoms with Gasteiger partial charge in [0.05, 0.1) is 17.6 Å². The maximum Gasteiger partial charge on any atom is 0.337 e. The van der Waals surface area contributed by atoms with Crippen molar-refractivity contribution in [1.29, 1.82) is 0 Å². The zero-order valence-corrected chi connectivity index (χ0v) is 12.8. The summed E-state index contributed by atoms with van der Waals surface area (Å²) in [7, 11) is 5.21. The summed E-state index contributed by atoms with van der Waals surface area (Å²) < 4.78 is 4.63. The van der Waals surface area contributed by atoms with Crippen molar-refractivity contribution in [2.24, 2.45) is 0 Å². The highest BCUT2D eigenvalue weighted by atomic mass is 16.6. The van der Waals surface area contributed by atoms with E-state index in [1.807, 2.05) is 25.9 Å². The number of rotatable bonds is 7. The minimum Gasteiger partial charge on any atom is -0.465 e. The molecule has 0 aromatic heterocycles. The van der Waals surface area contributed by atoms with Crippen molar-refractivity contribution in [2.75, 3.05) is 33.1 Å². The van der Waals surface area contributed by atoms with Gasteiger partial charge in [0.2, 0.25) is 0 Å². The zero-order chi connectivity index (χ0) is 16.0. The van der Waals surface area contributed by atoms with Crippen molar-refractivity contribution in [3.63, 3.8) is 0 Å². The molecule has 0 bridgehead atoms. The molecule has 0 aliphatic heterocycles. The third-order valence-corrected chi connectivity index (χ3v) is 3.03. The van der Waals surface area contributed by atoms with Crippen LogP contribution in [0.2, 0.25) is 0 Å². The Kier molecular flexibility index (Phi) is 6.10. The number of carbonyl (C=O) groups is 1. The number of hydrogen-bond donors (Lipinski definition) is 1. The fourth-order valence-electron chi connectivity index (χ4n) is 1.85. The van der Waals surface area contributed by atoms with Gasteiger partial charge in [0.15, 0.2) is 0 Å². The quantitative estimate of drug-likeness (QED) is 0.471. The van der Waals surface area contributed by atoms with Gasteiger partial charge in [0.1, 0.15) is 5.69 Å². The second-order valence-corrected chi connectivity index (χ2v) is 5.12. The molecule has 0 radical (unpaired) electrons. The predicted molar refractivity (Wildman–Crippen MR) is 80.7 cm³/mol. The summed E-state index contributed by atoms with van der Waals surface area (Å²) in [5, 5.41) is 14.2. The third-order valence-electron chi connectivity index (χ3n) is 3.03. The fourth-order valence-corrected chi connectivity index (χ4v) is 1.85. The average Bonchev–Trinajstić information content (AvgIpc) is 2.43. The molecule has 7 nitrogen and oxygen atoms in total. The van der Waals surface area contributed by atoms with Gasteiger partial charge in [0.25, 0.3) is 5.69 Å². The van der Waals surface area contributed by atoms with Gasteiger partial charge in [-0.05, 0) is 46.1 Å². The van der Waals surface area contributed by atoms with Crippen molar-refractivity contribution in [1.82, 2.24) is 4.90 Å². The van der Waals surface area contributed by atoms with Crippen LogP contribution in [0.3, 0.4) is 0 Å². The summed E-state index contributed by atoms with van der Waals surface area (Å²) in [6.45, 7) is 2.80. The lowest BCUT2D eigenvalue weighted by Crippen LogP contribution is -2.23. The van der Waals surface area contributed by atoms with Gasteiger partial charge in [-0.25, -0.2) is 4.79 Å². The first-order valence-electron chi connectivity index (χ1n) is 6.63. The molecule has 1 aromatic rings. The van der Waals surface area contributed by atoms with Crippen molar-refractivity contribution in [3.05, 3.63) is 33.9 Å². The van der Waals surface area contributed by atoms with E-state index in [0.29, 0.717) is 5.69 Å². The van der Waals surface area contributed by atoms with Crippen LogP contribution in [0.15, 0.2) is 18.2 Å². The van der Waals surface area contributed by atoms with E-state index in [2.05, 4.69) is 10.1 Å². The van der Waals surface area contributed by atoms with Crippen LogP contribution in [-0.4, -0.2) is 49.6 Å². The van der Waals surface area contributed by atoms with Crippen LogP contribution in [0.4, 0.5) is 11.4 Å². The second-order valence-electron chi connectivity index (χ2n) is 5.12. The number of hydrogen-bond acceptors (Lipinski definition) is 6. The van der Waals surface area contributed by atoms with Crippen molar-refractivity contribution in [2.45, 2.75) is 19.4 Å². The first kappa shape index (κ1) is 16.9. The molecule has 0 spiro atoms. The summed E-state index contributed by atoms with van der Waals surface area (Å²) in [5.41, 5.74) is 0.555. The number of nitrogens with one attached hydrogen (secondary N) is 1. The SMILES string of the molecule is COC(=O)c1ccc([N+](=O)[O-])c(NC(C)CCN(C)C)c1. The van der Waals surface area contributed by atoms with Crippen LogP contribution in [-0.2, 0) is 4.74 Å². The molecule has 1 atom stereocenters. The van der Waals surface area contributed by atoms with Crippen LogP contribution < -0.4 is 5.32 Å². The largest absolute Gasteiger partial charge is 0.465 e. The van der Waals surface area contributed by atoms with Gasteiger partial charge in [-0.2, -0.15) is 0 Å². The van der Waals surface area contributed by atoms with E-state index in [9.17, 15) is 14.9 Å². The normalized spacial score (nSPS) is 12.0. The van der Waals surface area contributed by atoms with E-state index in [-0.39, 0.29) is 17.3 Å². The number of ether oxygens (including phenoxy) is 1. The molecule has 0 heterocycles. The van der Waals surface area contributed by atoms with Crippen LogP contribution in [0.1, 0.15) is 23.7 Å². The fraction of sp³-hybridized carbons (Fsp3) is 0.500. The lowest BCUT2D eigenvalue weighted by Gasteiger charge is -2.18. The highest BCUT2D eigenvalue weighted by Crippen LogP contribution is 2.26. The molecule has 0 fully saturated rings. The Morgan fingerprint density at radius 1 is 1.48 bits per heavy atom. The minimum absolute atomic E-state index is 0.0407. The first-order valence-corrected chi connectivity index (χ1v) is 6.63. The van der Waals surface area contributed by atoms with E-state index in [1.54, 1.807) is 0 Å². The molecule has 1 rings (SSSR count). The maximum atomic E-state index is 11.5. The van der Waals surface area contributed by atoms with Gasteiger partial charge in [-0.3, -0.25) is 10.1 Å². The molecule has 0 amide bonds. The standard InChI is InChI=1S/C14H21N3O4/c1-10(7-8-16(2)3)15-12-9-11(14(18)21-4)5-6-13(12)17(19)20/h5-6,9-10,15H,7-8H2,1-4H3. The van der Waals surface area contributed by atoms with Gasteiger partial charge in [-0.15, -0.1) is 0 Å². The third kappa shape index (κ3) is 5.03. The molecule has 1 aromatic carbocycles. The lowest BCUT2D eigenvalue weighted by atomic mass is 10.1. The molecular formula is C14H21N3O4. The average molecular weight is 295 g/mol. The Morgan fingerprint density at radius 2 is 2.14 bits per heavy atom. The summed E-state index contributed by atoms with van der Waals surface area (Å²) in [4.78, 5) is 24.2. The molecule has 116 valence electrons. The summed E-state index contributed by atoms with van der Waals surface area (Å²) >= 11 is 0. The van der Waals surface area contributed by atoms with Crippen LogP contribution in [0.25, 0.3) is 0 Å². The smallest absolute Gasteiger partial charge is 0.337 e. The molecular weight excluding hydrogens is 274 g/mol. The van der Waals surface area contributed by atoms with Gasteiger partial charge in [0, 0.05) is 12.1 Å². The minimum atomic E-state index is -0.520. The summed E-state index contributed by atoms with van der Waals surface area (Å²) in [6.07, 6.45) is 0.826. The van der Waals surface area contributed by atoms with Gasteiger partial charge >= 0.3 is 5.97 Å². The number of anilines is 1. The number of benzene rings is 1. The molecule has 0 saturated heterocycles. The van der Waals surface area contributed by atoms with Crippen LogP contribution in [0, 0.1) is 10.1 Å². The summed E-state index contributed by atoms with van der Waals surface area (Å²) in [6, 6.07) is 4.20. The number of nitrogens with zero attached hydrogens (tertiary/aromatic N) is 2. The molecule has 0 aliphatic carbocycles. The van der Waals surface area contributed by atoms with Crippen LogP contribution >= 0.6 is 0 Å². The Hall–Kier alpha value is -2.15. The van der Waals surface area contributed by atoms with Crippen molar-refractivity contribution < 1.29 is 14.5 Å². The Labute approximate surface area is 124 Å². The number of esters is 1. The molecule has 1 N–H and O–H groups in total. The number of nitro groups is 1. The van der Waals surface area contributed by atoms with Crippen LogP contribution in [0.5, 0.6) is 0 Å². The zero-order valence-electron chi connectivity index (χ0n) is 12.8. The number of methoxy groups -OCH3 is 1. The Balaban J connectivity index is 2.95. The maximum absolute atomic E-state index is 11.5. The van der Waals surface area contributed by atoms with E-state index in [0.717, 1.165) is 13.0 Å². The lowest BCUT2D eigenvalue weighted by molar-refractivity contribution is -0.384. The Bertz CT molecular complexity index is 517. The van der Waals surface area contributed by atoms with E-state index < -0.39 is 10.9 Å². The molecule has 7 heteroatoms. The first-order chi connectivity index (χ1) is 9.85. The van der Waals surface area contributed by atoms with Gasteiger partial charge in [-0.1, -0.05) is 0 Å². The molecule has 1 unspecified atom stereocenters. The second kappa shape index (κ2) is 7.58. The highest BCUT2D eigenvalue weighted by Gasteiger charge is 2.18. The molecule has 0 saturated carbocycles. The van der Waals surface area contributed by atoms with E-state index in [1.165, 1.54) is 25.3 Å². The predicted octanol–water partition coefficient (Wildman–Crippen LogP) is 2.13. The molecule has 0 aliphatic rings. The Morgan fingerprint density at radius 3 is 2.67 bits per heavy atom. The van der Waals surface area contributed by atoms with Crippen molar-refractivity contribution in [3.8, 4) is 0 Å². The molecule has 21 heavy (non-hydrogen) atoms. The summed E-state index contributed by atoms with van der Waals surface area (Å²) in [5.74, 6) is -0.520. The van der Waals surface area contributed by atoms with Crippen molar-refractivity contribution >= 4 is 17.3 Å². The highest BCUT2D eigenvalue weighted by molar-refractivity contribution is 5.91. The van der Waals surface area contributed by atoms with E-state index in [4.69, 9.17) is 0 Å². The van der Waals surface area contributed by atoms with E-state index >= 15 is 0 Å².